The average Bonchev–Trinajstić information content (AvgIpc) is 2.35. The Morgan fingerprint density at radius 2 is 2.11 bits per heavy atom. The lowest BCUT2D eigenvalue weighted by molar-refractivity contribution is 0.580. The number of nitrogens with zero attached hydrogens (tertiary/aromatic N) is 1. The van der Waals surface area contributed by atoms with Crippen molar-refractivity contribution in [1.29, 1.82) is 5.26 Å². The zero-order valence-corrected chi connectivity index (χ0v) is 12.5. The maximum absolute atomic E-state index is 12.1. The molecule has 1 aromatic rings. The van der Waals surface area contributed by atoms with E-state index in [-0.39, 0.29) is 11.4 Å². The Hall–Kier alpha value is -1.23. The van der Waals surface area contributed by atoms with Gasteiger partial charge in [-0.3, -0.25) is 4.21 Å². The SMILES string of the molecule is Cc1ccc(C#N)cc1S(=O)(=O)NCCCS(C)=O. The monoisotopic (exact) mass is 300 g/mol. The molecule has 1 rings (SSSR count). The van der Waals surface area contributed by atoms with E-state index in [1.165, 1.54) is 6.07 Å². The number of rotatable bonds is 6. The lowest BCUT2D eigenvalue weighted by Crippen LogP contribution is -2.26. The minimum atomic E-state index is -3.62. The Morgan fingerprint density at radius 1 is 1.42 bits per heavy atom. The molecule has 0 spiro atoms. The van der Waals surface area contributed by atoms with Crippen molar-refractivity contribution >= 4 is 20.8 Å². The number of nitrogens with one attached hydrogen (secondary N) is 1. The number of benzene rings is 1. The molecule has 0 radical (unpaired) electrons. The fraction of sp³-hybridized carbons (Fsp3) is 0.417. The summed E-state index contributed by atoms with van der Waals surface area (Å²) in [6.07, 6.45) is 2.09. The molecule has 0 aliphatic rings. The molecule has 0 bridgehead atoms. The van der Waals surface area contributed by atoms with Crippen LogP contribution in [0.3, 0.4) is 0 Å². The quantitative estimate of drug-likeness (QED) is 0.791. The third-order valence-corrected chi connectivity index (χ3v) is 4.97. The van der Waals surface area contributed by atoms with Crippen molar-refractivity contribution in [3.05, 3.63) is 29.3 Å². The normalized spacial score (nSPS) is 12.9. The van der Waals surface area contributed by atoms with Crippen molar-refractivity contribution in [1.82, 2.24) is 4.72 Å². The van der Waals surface area contributed by atoms with Crippen molar-refractivity contribution < 1.29 is 12.6 Å². The van der Waals surface area contributed by atoms with E-state index in [0.717, 1.165) is 0 Å². The second-order valence-corrected chi connectivity index (χ2v) is 7.41. The predicted molar refractivity (Wildman–Crippen MR) is 74.6 cm³/mol. The highest BCUT2D eigenvalue weighted by Crippen LogP contribution is 2.16. The molecular formula is C12H16N2O3S2. The van der Waals surface area contributed by atoms with Crippen LogP contribution in [0.2, 0.25) is 0 Å². The van der Waals surface area contributed by atoms with Crippen LogP contribution in [0.25, 0.3) is 0 Å². The highest BCUT2D eigenvalue weighted by molar-refractivity contribution is 7.89. The summed E-state index contributed by atoms with van der Waals surface area (Å²) < 4.78 is 37.5. The topological polar surface area (TPSA) is 87.0 Å². The number of aryl methyl sites for hydroxylation is 1. The first-order valence-electron chi connectivity index (χ1n) is 5.67. The van der Waals surface area contributed by atoms with E-state index in [1.54, 1.807) is 25.3 Å². The number of hydrogen-bond acceptors (Lipinski definition) is 4. The Kier molecular flexibility index (Phi) is 5.66. The maximum Gasteiger partial charge on any atom is 0.240 e. The summed E-state index contributed by atoms with van der Waals surface area (Å²) in [5.74, 6) is 0.458. The smallest absolute Gasteiger partial charge is 0.240 e. The van der Waals surface area contributed by atoms with Gasteiger partial charge in [0.05, 0.1) is 16.5 Å². The van der Waals surface area contributed by atoms with Crippen LogP contribution in [0.1, 0.15) is 17.5 Å². The number of nitriles is 1. The predicted octanol–water partition coefficient (Wildman–Crippen LogP) is 0.914. The van der Waals surface area contributed by atoms with E-state index < -0.39 is 20.8 Å². The first kappa shape index (κ1) is 15.8. The molecule has 5 nitrogen and oxygen atoms in total. The highest BCUT2D eigenvalue weighted by atomic mass is 32.2. The Morgan fingerprint density at radius 3 is 2.68 bits per heavy atom. The van der Waals surface area contributed by atoms with E-state index in [4.69, 9.17) is 5.26 Å². The van der Waals surface area contributed by atoms with Crippen molar-refractivity contribution in [2.45, 2.75) is 18.2 Å². The van der Waals surface area contributed by atoms with Crippen molar-refractivity contribution in [2.75, 3.05) is 18.6 Å². The van der Waals surface area contributed by atoms with E-state index in [0.29, 0.717) is 23.3 Å². The second kappa shape index (κ2) is 6.80. The van der Waals surface area contributed by atoms with Crippen molar-refractivity contribution in [3.8, 4) is 6.07 Å². The Balaban J connectivity index is 2.83. The van der Waals surface area contributed by atoms with Crippen LogP contribution in [0.15, 0.2) is 23.1 Å². The standard InChI is InChI=1S/C12H16N2O3S2/c1-10-4-5-11(9-13)8-12(10)19(16,17)14-6-3-7-18(2)15/h4-5,8,14H,3,6-7H2,1-2H3. The second-order valence-electron chi connectivity index (χ2n) is 4.12. The van der Waals surface area contributed by atoms with Gasteiger partial charge in [-0.05, 0) is 31.0 Å². The van der Waals surface area contributed by atoms with Gasteiger partial charge in [-0.15, -0.1) is 0 Å². The van der Waals surface area contributed by atoms with Crippen molar-refractivity contribution in [2.24, 2.45) is 0 Å². The molecule has 0 heterocycles. The minimum absolute atomic E-state index is 0.115. The fourth-order valence-corrected chi connectivity index (χ4v) is 3.41. The summed E-state index contributed by atoms with van der Waals surface area (Å²) in [5.41, 5.74) is 0.895. The Labute approximate surface area is 116 Å². The molecule has 0 amide bonds. The first-order chi connectivity index (χ1) is 8.86. The van der Waals surface area contributed by atoms with Crippen LogP contribution in [0.4, 0.5) is 0 Å². The van der Waals surface area contributed by atoms with Gasteiger partial charge >= 0.3 is 0 Å². The summed E-state index contributed by atoms with van der Waals surface area (Å²) in [7, 11) is -4.55. The Bertz CT molecular complexity index is 618. The number of sulfonamides is 1. The van der Waals surface area contributed by atoms with E-state index in [9.17, 15) is 12.6 Å². The third kappa shape index (κ3) is 4.74. The zero-order valence-electron chi connectivity index (χ0n) is 10.8. The summed E-state index contributed by atoms with van der Waals surface area (Å²) in [6, 6.07) is 6.46. The van der Waals surface area contributed by atoms with Gasteiger partial charge in [0.15, 0.2) is 0 Å². The van der Waals surface area contributed by atoms with Crippen LogP contribution in [0, 0.1) is 18.3 Å². The summed E-state index contributed by atoms with van der Waals surface area (Å²) in [6.45, 7) is 1.91. The molecule has 1 N–H and O–H groups in total. The molecule has 1 unspecified atom stereocenters. The van der Waals surface area contributed by atoms with Crippen LogP contribution >= 0.6 is 0 Å². The molecule has 1 atom stereocenters. The molecule has 7 heteroatoms. The zero-order chi connectivity index (χ0) is 14.5. The van der Waals surface area contributed by atoms with Crippen LogP contribution in [-0.2, 0) is 20.8 Å². The lowest BCUT2D eigenvalue weighted by Gasteiger charge is -2.09. The van der Waals surface area contributed by atoms with Gasteiger partial charge in [-0.1, -0.05) is 6.07 Å². The van der Waals surface area contributed by atoms with Crippen LogP contribution in [0.5, 0.6) is 0 Å². The van der Waals surface area contributed by atoms with Gasteiger partial charge in [0.25, 0.3) is 0 Å². The third-order valence-electron chi connectivity index (χ3n) is 2.51. The molecule has 0 aliphatic heterocycles. The molecule has 0 saturated carbocycles. The molecule has 1 aromatic carbocycles. The van der Waals surface area contributed by atoms with Gasteiger partial charge < -0.3 is 0 Å². The average molecular weight is 300 g/mol. The van der Waals surface area contributed by atoms with Gasteiger partial charge in [-0.2, -0.15) is 5.26 Å². The van der Waals surface area contributed by atoms with E-state index in [2.05, 4.69) is 4.72 Å². The van der Waals surface area contributed by atoms with Gasteiger partial charge in [0.2, 0.25) is 10.0 Å². The van der Waals surface area contributed by atoms with E-state index in [1.807, 2.05) is 6.07 Å². The summed E-state index contributed by atoms with van der Waals surface area (Å²) in [4.78, 5) is 0.115. The van der Waals surface area contributed by atoms with Crippen LogP contribution < -0.4 is 4.72 Å². The molecule has 0 fully saturated rings. The molecule has 0 saturated heterocycles. The van der Waals surface area contributed by atoms with Crippen molar-refractivity contribution in [3.63, 3.8) is 0 Å². The van der Waals surface area contributed by atoms with Gasteiger partial charge in [0.1, 0.15) is 0 Å². The molecule has 104 valence electrons. The molecule has 19 heavy (non-hydrogen) atoms. The number of hydrogen-bond donors (Lipinski definition) is 1. The molecular weight excluding hydrogens is 284 g/mol. The first-order valence-corrected chi connectivity index (χ1v) is 8.88. The summed E-state index contributed by atoms with van der Waals surface area (Å²) >= 11 is 0. The minimum Gasteiger partial charge on any atom is -0.260 e. The fourth-order valence-electron chi connectivity index (χ4n) is 1.52. The van der Waals surface area contributed by atoms with Crippen LogP contribution in [-0.4, -0.2) is 31.2 Å². The maximum atomic E-state index is 12.1. The largest absolute Gasteiger partial charge is 0.260 e. The van der Waals surface area contributed by atoms with Gasteiger partial charge in [-0.25, -0.2) is 13.1 Å². The lowest BCUT2D eigenvalue weighted by atomic mass is 10.2. The highest BCUT2D eigenvalue weighted by Gasteiger charge is 2.16. The molecule has 0 aromatic heterocycles. The van der Waals surface area contributed by atoms with E-state index >= 15 is 0 Å². The summed E-state index contributed by atoms with van der Waals surface area (Å²) in [5, 5.41) is 8.79. The van der Waals surface area contributed by atoms with Gasteiger partial charge in [0, 0.05) is 29.4 Å². The molecule has 0 aliphatic carbocycles.